The Balaban J connectivity index is 1.51. The fraction of sp³-hybridized carbons (Fsp3) is 0.368. The van der Waals surface area contributed by atoms with E-state index in [1.165, 1.54) is 12.1 Å². The van der Waals surface area contributed by atoms with Crippen LogP contribution in [0.5, 0.6) is 5.75 Å². The van der Waals surface area contributed by atoms with Crippen LogP contribution in [0.2, 0.25) is 5.02 Å². The molecule has 1 saturated heterocycles. The second-order valence-electron chi connectivity index (χ2n) is 6.64. The third-order valence-electron chi connectivity index (χ3n) is 4.59. The SMILES string of the molecule is Cc1cc(OCC(=O)N2CCN(C(=O)c3ccc(=O)[nH]n3)CC2)cc(C)c1Cl. The van der Waals surface area contributed by atoms with Crippen LogP contribution in [-0.2, 0) is 4.79 Å². The molecule has 2 heterocycles. The zero-order valence-corrected chi connectivity index (χ0v) is 16.5. The third kappa shape index (κ3) is 4.51. The smallest absolute Gasteiger partial charge is 0.274 e. The molecular weight excluding hydrogens is 384 g/mol. The highest BCUT2D eigenvalue weighted by Crippen LogP contribution is 2.25. The van der Waals surface area contributed by atoms with Gasteiger partial charge < -0.3 is 14.5 Å². The van der Waals surface area contributed by atoms with Gasteiger partial charge in [0.05, 0.1) is 0 Å². The van der Waals surface area contributed by atoms with E-state index in [9.17, 15) is 14.4 Å². The second kappa shape index (κ2) is 8.43. The molecule has 0 radical (unpaired) electrons. The van der Waals surface area contributed by atoms with E-state index in [4.69, 9.17) is 16.3 Å². The summed E-state index contributed by atoms with van der Waals surface area (Å²) < 4.78 is 5.62. The molecule has 1 aromatic carbocycles. The number of aromatic amines is 1. The lowest BCUT2D eigenvalue weighted by Crippen LogP contribution is -2.51. The van der Waals surface area contributed by atoms with Crippen molar-refractivity contribution < 1.29 is 14.3 Å². The van der Waals surface area contributed by atoms with Gasteiger partial charge in [-0.2, -0.15) is 5.10 Å². The van der Waals surface area contributed by atoms with Crippen molar-refractivity contribution in [3.05, 3.63) is 56.5 Å². The molecule has 1 aromatic heterocycles. The maximum Gasteiger partial charge on any atom is 0.274 e. The molecule has 1 fully saturated rings. The summed E-state index contributed by atoms with van der Waals surface area (Å²) in [7, 11) is 0. The van der Waals surface area contributed by atoms with Crippen molar-refractivity contribution >= 4 is 23.4 Å². The van der Waals surface area contributed by atoms with Gasteiger partial charge in [0.25, 0.3) is 17.4 Å². The number of ether oxygens (including phenoxy) is 1. The summed E-state index contributed by atoms with van der Waals surface area (Å²) in [4.78, 5) is 39.1. The van der Waals surface area contributed by atoms with E-state index in [1.54, 1.807) is 21.9 Å². The van der Waals surface area contributed by atoms with Crippen molar-refractivity contribution in [3.63, 3.8) is 0 Å². The van der Waals surface area contributed by atoms with Crippen molar-refractivity contribution in [2.24, 2.45) is 0 Å². The minimum absolute atomic E-state index is 0.0735. The minimum atomic E-state index is -0.363. The Bertz CT molecular complexity index is 908. The number of carbonyl (C=O) groups excluding carboxylic acids is 2. The number of benzene rings is 1. The average molecular weight is 405 g/mol. The highest BCUT2D eigenvalue weighted by Gasteiger charge is 2.25. The zero-order chi connectivity index (χ0) is 20.3. The molecule has 0 unspecified atom stereocenters. The van der Waals surface area contributed by atoms with E-state index in [-0.39, 0.29) is 29.7 Å². The molecule has 1 aliphatic heterocycles. The maximum atomic E-state index is 12.4. The van der Waals surface area contributed by atoms with Crippen LogP contribution in [-0.4, -0.2) is 64.6 Å². The number of hydrogen-bond acceptors (Lipinski definition) is 5. The van der Waals surface area contributed by atoms with Crippen molar-refractivity contribution in [1.82, 2.24) is 20.0 Å². The van der Waals surface area contributed by atoms with Gasteiger partial charge >= 0.3 is 0 Å². The lowest BCUT2D eigenvalue weighted by atomic mass is 10.1. The summed E-state index contributed by atoms with van der Waals surface area (Å²) >= 11 is 6.14. The number of carbonyl (C=O) groups is 2. The molecule has 0 bridgehead atoms. The Morgan fingerprint density at radius 3 is 2.29 bits per heavy atom. The summed E-state index contributed by atoms with van der Waals surface area (Å²) in [6.45, 7) is 5.31. The molecule has 3 rings (SSSR count). The molecule has 9 heteroatoms. The summed E-state index contributed by atoms with van der Waals surface area (Å²) in [6.07, 6.45) is 0. The number of amides is 2. The lowest BCUT2D eigenvalue weighted by molar-refractivity contribution is -0.134. The van der Waals surface area contributed by atoms with Gasteiger partial charge in [0, 0.05) is 37.3 Å². The highest BCUT2D eigenvalue weighted by atomic mass is 35.5. The number of piperazine rings is 1. The Morgan fingerprint density at radius 1 is 1.11 bits per heavy atom. The predicted molar refractivity (Wildman–Crippen MR) is 104 cm³/mol. The number of halogens is 1. The van der Waals surface area contributed by atoms with Crippen LogP contribution in [0, 0.1) is 13.8 Å². The first-order valence-electron chi connectivity index (χ1n) is 8.87. The van der Waals surface area contributed by atoms with Crippen LogP contribution in [0.4, 0.5) is 0 Å². The van der Waals surface area contributed by atoms with Gasteiger partial charge in [-0.25, -0.2) is 5.10 Å². The molecule has 2 amide bonds. The van der Waals surface area contributed by atoms with Crippen molar-refractivity contribution in [2.45, 2.75) is 13.8 Å². The van der Waals surface area contributed by atoms with Gasteiger partial charge in [-0.3, -0.25) is 14.4 Å². The largest absolute Gasteiger partial charge is 0.484 e. The summed E-state index contributed by atoms with van der Waals surface area (Å²) in [5, 5.41) is 6.69. The van der Waals surface area contributed by atoms with Gasteiger partial charge in [0.1, 0.15) is 11.4 Å². The van der Waals surface area contributed by atoms with Gasteiger partial charge in [-0.05, 0) is 43.2 Å². The van der Waals surface area contributed by atoms with Gasteiger partial charge in [0.2, 0.25) is 0 Å². The molecule has 28 heavy (non-hydrogen) atoms. The standard InChI is InChI=1S/C19H21ClN4O4/c1-12-9-14(10-13(2)18(12)20)28-11-17(26)23-5-7-24(8-6-23)19(27)15-3-4-16(25)22-21-15/h3-4,9-10H,5-8,11H2,1-2H3,(H,22,25). The van der Waals surface area contributed by atoms with Gasteiger partial charge in [-0.15, -0.1) is 0 Å². The molecule has 0 atom stereocenters. The number of rotatable bonds is 4. The fourth-order valence-electron chi connectivity index (χ4n) is 3.01. The topological polar surface area (TPSA) is 95.6 Å². The van der Waals surface area contributed by atoms with Crippen molar-refractivity contribution in [2.75, 3.05) is 32.8 Å². The third-order valence-corrected chi connectivity index (χ3v) is 5.19. The Kier molecular flexibility index (Phi) is 5.99. The molecule has 0 aliphatic carbocycles. The highest BCUT2D eigenvalue weighted by molar-refractivity contribution is 6.32. The van der Waals surface area contributed by atoms with Crippen LogP contribution >= 0.6 is 11.6 Å². The number of nitrogens with one attached hydrogen (secondary N) is 1. The number of aromatic nitrogens is 2. The predicted octanol–water partition coefficient (Wildman–Crippen LogP) is 1.40. The Morgan fingerprint density at radius 2 is 1.71 bits per heavy atom. The lowest BCUT2D eigenvalue weighted by Gasteiger charge is -2.34. The van der Waals surface area contributed by atoms with E-state index in [1.807, 2.05) is 13.8 Å². The van der Waals surface area contributed by atoms with E-state index in [0.29, 0.717) is 37.0 Å². The number of hydrogen-bond donors (Lipinski definition) is 1. The normalized spacial score (nSPS) is 14.1. The second-order valence-corrected chi connectivity index (χ2v) is 7.02. The summed E-state index contributed by atoms with van der Waals surface area (Å²) in [6, 6.07) is 6.26. The fourth-order valence-corrected chi connectivity index (χ4v) is 3.12. The molecule has 8 nitrogen and oxygen atoms in total. The number of nitrogens with zero attached hydrogens (tertiary/aromatic N) is 3. The number of aryl methyl sites for hydroxylation is 2. The van der Waals surface area contributed by atoms with E-state index < -0.39 is 0 Å². The molecule has 1 N–H and O–H groups in total. The average Bonchev–Trinajstić information content (AvgIpc) is 2.70. The van der Waals surface area contributed by atoms with Crippen molar-refractivity contribution in [3.8, 4) is 5.75 Å². The van der Waals surface area contributed by atoms with Gasteiger partial charge in [0.15, 0.2) is 6.61 Å². The first-order chi connectivity index (χ1) is 13.3. The van der Waals surface area contributed by atoms with Crippen LogP contribution in [0.3, 0.4) is 0 Å². The molecular formula is C19H21ClN4O4. The molecule has 148 valence electrons. The Hall–Kier alpha value is -2.87. The number of H-pyrrole nitrogens is 1. The molecule has 1 aliphatic rings. The minimum Gasteiger partial charge on any atom is -0.484 e. The van der Waals surface area contributed by atoms with E-state index in [0.717, 1.165) is 11.1 Å². The van der Waals surface area contributed by atoms with E-state index >= 15 is 0 Å². The molecule has 0 spiro atoms. The summed E-state index contributed by atoms with van der Waals surface area (Å²) in [5.74, 6) is 0.192. The Labute approximate surface area is 167 Å². The van der Waals surface area contributed by atoms with Crippen molar-refractivity contribution in [1.29, 1.82) is 0 Å². The van der Waals surface area contributed by atoms with Crippen LogP contribution < -0.4 is 10.3 Å². The maximum absolute atomic E-state index is 12.4. The quantitative estimate of drug-likeness (QED) is 0.831. The first-order valence-corrected chi connectivity index (χ1v) is 9.25. The van der Waals surface area contributed by atoms with Crippen LogP contribution in [0.15, 0.2) is 29.1 Å². The van der Waals surface area contributed by atoms with Crippen LogP contribution in [0.1, 0.15) is 21.6 Å². The zero-order valence-electron chi connectivity index (χ0n) is 15.7. The van der Waals surface area contributed by atoms with Gasteiger partial charge in [-0.1, -0.05) is 11.6 Å². The summed E-state index contributed by atoms with van der Waals surface area (Å²) in [5.41, 5.74) is 1.61. The first kappa shape index (κ1) is 19.9. The molecule has 0 saturated carbocycles. The van der Waals surface area contributed by atoms with E-state index in [2.05, 4.69) is 10.2 Å². The molecule has 2 aromatic rings. The monoisotopic (exact) mass is 404 g/mol. The van der Waals surface area contributed by atoms with Crippen LogP contribution in [0.25, 0.3) is 0 Å².